The van der Waals surface area contributed by atoms with Gasteiger partial charge in [-0.05, 0) is 73.2 Å². The first-order chi connectivity index (χ1) is 18.3. The zero-order valence-electron chi connectivity index (χ0n) is 21.9. The number of rotatable bonds is 10. The van der Waals surface area contributed by atoms with E-state index in [0.29, 0.717) is 18.7 Å². The van der Waals surface area contributed by atoms with Crippen LogP contribution in [0, 0.1) is 13.8 Å². The third-order valence-corrected chi connectivity index (χ3v) is 8.79. The van der Waals surface area contributed by atoms with Crippen LogP contribution in [-0.4, -0.2) is 35.4 Å². The average molecular weight is 642 g/mol. The Morgan fingerprint density at radius 2 is 1.58 bits per heavy atom. The largest absolute Gasteiger partial charge is 0.484 e. The van der Waals surface area contributed by atoms with Crippen molar-refractivity contribution in [3.05, 3.63) is 97.9 Å². The van der Waals surface area contributed by atoms with Crippen LogP contribution in [0.1, 0.15) is 47.9 Å². The first-order valence-electron chi connectivity index (χ1n) is 13.1. The molecule has 0 bridgehead atoms. The molecule has 1 fully saturated rings. The molecule has 0 saturated heterocycles. The molecular formula is C31H34Br2N2O3. The Balaban J connectivity index is 1.61. The summed E-state index contributed by atoms with van der Waals surface area (Å²) in [6, 6.07) is 21.1. The zero-order chi connectivity index (χ0) is 27.1. The fraction of sp³-hybridized carbons (Fsp3) is 0.355. The van der Waals surface area contributed by atoms with Gasteiger partial charge in [0.05, 0.1) is 0 Å². The van der Waals surface area contributed by atoms with Crippen LogP contribution in [0.3, 0.4) is 0 Å². The molecule has 1 atom stereocenters. The molecule has 7 heteroatoms. The van der Waals surface area contributed by atoms with E-state index in [-0.39, 0.29) is 24.5 Å². The van der Waals surface area contributed by atoms with Gasteiger partial charge in [-0.1, -0.05) is 87.2 Å². The minimum atomic E-state index is -0.661. The molecule has 0 radical (unpaired) electrons. The lowest BCUT2D eigenvalue weighted by molar-refractivity contribution is -0.143. The van der Waals surface area contributed by atoms with Gasteiger partial charge < -0.3 is 15.0 Å². The van der Waals surface area contributed by atoms with Gasteiger partial charge in [-0.15, -0.1) is 0 Å². The number of nitrogens with zero attached hydrogens (tertiary/aromatic N) is 1. The summed E-state index contributed by atoms with van der Waals surface area (Å²) < 4.78 is 7.97. The number of halogens is 2. The standard InChI is InChI=1S/C31H34Br2N2O3/c1-21-16-27(17-22(2)30(21)33)38-20-29(36)35(19-24-12-14-25(32)15-13-24)28(18-23-8-4-3-5-9-23)31(37)34-26-10-6-7-11-26/h3-5,8-9,12-17,26,28H,6-7,10-11,18-20H2,1-2H3,(H,34,37)/t28-/m1/s1. The highest BCUT2D eigenvalue weighted by Gasteiger charge is 2.32. The molecule has 3 aromatic carbocycles. The van der Waals surface area contributed by atoms with Crippen molar-refractivity contribution < 1.29 is 14.3 Å². The van der Waals surface area contributed by atoms with Gasteiger partial charge in [-0.3, -0.25) is 9.59 Å². The first-order valence-corrected chi connectivity index (χ1v) is 14.7. The second-order valence-electron chi connectivity index (χ2n) is 10.0. The van der Waals surface area contributed by atoms with E-state index in [2.05, 4.69) is 37.2 Å². The molecule has 5 nitrogen and oxygen atoms in total. The van der Waals surface area contributed by atoms with E-state index in [0.717, 1.165) is 56.9 Å². The Bertz CT molecular complexity index is 1220. The number of hydrogen-bond donors (Lipinski definition) is 1. The molecule has 0 spiro atoms. The second-order valence-corrected chi connectivity index (χ2v) is 11.7. The van der Waals surface area contributed by atoms with E-state index < -0.39 is 6.04 Å². The van der Waals surface area contributed by atoms with Crippen LogP contribution in [0.4, 0.5) is 0 Å². The van der Waals surface area contributed by atoms with Crippen molar-refractivity contribution in [2.75, 3.05) is 6.61 Å². The fourth-order valence-electron chi connectivity index (χ4n) is 4.93. The van der Waals surface area contributed by atoms with Gasteiger partial charge in [0.1, 0.15) is 11.8 Å². The maximum atomic E-state index is 13.8. The van der Waals surface area contributed by atoms with Crippen LogP contribution in [0.25, 0.3) is 0 Å². The highest BCUT2D eigenvalue weighted by Crippen LogP contribution is 2.27. The lowest BCUT2D eigenvalue weighted by atomic mass is 10.0. The smallest absolute Gasteiger partial charge is 0.261 e. The zero-order valence-corrected chi connectivity index (χ0v) is 25.1. The maximum Gasteiger partial charge on any atom is 0.261 e. The van der Waals surface area contributed by atoms with Gasteiger partial charge in [0.25, 0.3) is 5.91 Å². The third kappa shape index (κ3) is 7.70. The van der Waals surface area contributed by atoms with Crippen molar-refractivity contribution in [2.24, 2.45) is 0 Å². The molecule has 4 rings (SSSR count). The summed E-state index contributed by atoms with van der Waals surface area (Å²) in [6.45, 7) is 4.15. The van der Waals surface area contributed by atoms with Gasteiger partial charge in [0.2, 0.25) is 5.91 Å². The van der Waals surface area contributed by atoms with E-state index in [1.165, 1.54) is 0 Å². The first kappa shape index (κ1) is 28.4. The molecule has 1 aliphatic rings. The molecule has 0 heterocycles. The summed E-state index contributed by atoms with van der Waals surface area (Å²) in [5.74, 6) is 0.297. The van der Waals surface area contributed by atoms with Gasteiger partial charge in [-0.2, -0.15) is 0 Å². The average Bonchev–Trinajstić information content (AvgIpc) is 3.42. The molecule has 1 saturated carbocycles. The molecule has 3 aromatic rings. The van der Waals surface area contributed by atoms with E-state index in [9.17, 15) is 9.59 Å². The summed E-state index contributed by atoms with van der Waals surface area (Å²) >= 11 is 7.07. The molecule has 0 aliphatic heterocycles. The predicted octanol–water partition coefficient (Wildman–Crippen LogP) is 6.91. The molecule has 2 amide bonds. The Morgan fingerprint density at radius 3 is 2.21 bits per heavy atom. The number of ether oxygens (including phenoxy) is 1. The molecular weight excluding hydrogens is 608 g/mol. The van der Waals surface area contributed by atoms with Gasteiger partial charge in [0.15, 0.2) is 6.61 Å². The molecule has 0 unspecified atom stereocenters. The van der Waals surface area contributed by atoms with E-state index in [4.69, 9.17) is 4.74 Å². The van der Waals surface area contributed by atoms with Crippen LogP contribution in [0.15, 0.2) is 75.7 Å². The number of benzene rings is 3. The molecule has 38 heavy (non-hydrogen) atoms. The molecule has 1 aliphatic carbocycles. The molecule has 0 aromatic heterocycles. The van der Waals surface area contributed by atoms with Crippen molar-refractivity contribution in [2.45, 2.75) is 64.6 Å². The number of amides is 2. The highest BCUT2D eigenvalue weighted by atomic mass is 79.9. The normalized spacial score (nSPS) is 14.2. The summed E-state index contributed by atoms with van der Waals surface area (Å²) in [5.41, 5.74) is 4.03. The Morgan fingerprint density at radius 1 is 0.947 bits per heavy atom. The summed E-state index contributed by atoms with van der Waals surface area (Å²) in [6.07, 6.45) is 4.63. The lowest BCUT2D eigenvalue weighted by Crippen LogP contribution is -2.53. The topological polar surface area (TPSA) is 58.6 Å². The van der Waals surface area contributed by atoms with E-state index >= 15 is 0 Å². The van der Waals surface area contributed by atoms with Gasteiger partial charge in [-0.25, -0.2) is 0 Å². The number of carbonyl (C=O) groups excluding carboxylic acids is 2. The number of hydrogen-bond acceptors (Lipinski definition) is 3. The second kappa shape index (κ2) is 13.4. The Hall–Kier alpha value is -2.64. The van der Waals surface area contributed by atoms with Crippen LogP contribution >= 0.6 is 31.9 Å². The minimum Gasteiger partial charge on any atom is -0.484 e. The maximum absolute atomic E-state index is 13.8. The Labute approximate surface area is 242 Å². The van der Waals surface area contributed by atoms with Crippen molar-refractivity contribution in [3.8, 4) is 5.75 Å². The number of nitrogens with one attached hydrogen (secondary N) is 1. The van der Waals surface area contributed by atoms with Crippen molar-refractivity contribution in [1.82, 2.24) is 10.2 Å². The van der Waals surface area contributed by atoms with Gasteiger partial charge in [0, 0.05) is 28.0 Å². The monoisotopic (exact) mass is 640 g/mol. The number of carbonyl (C=O) groups is 2. The summed E-state index contributed by atoms with van der Waals surface area (Å²) in [5, 5.41) is 3.24. The summed E-state index contributed by atoms with van der Waals surface area (Å²) in [4.78, 5) is 29.2. The van der Waals surface area contributed by atoms with Crippen LogP contribution < -0.4 is 10.1 Å². The molecule has 1 N–H and O–H groups in total. The van der Waals surface area contributed by atoms with E-state index in [1.54, 1.807) is 4.90 Å². The SMILES string of the molecule is Cc1cc(OCC(=O)N(Cc2ccc(Br)cc2)[C@H](Cc2ccccc2)C(=O)NC2CCCC2)cc(C)c1Br. The van der Waals surface area contributed by atoms with Crippen LogP contribution in [0.2, 0.25) is 0 Å². The lowest BCUT2D eigenvalue weighted by Gasteiger charge is -2.32. The Kier molecular flexibility index (Phi) is 10.0. The van der Waals surface area contributed by atoms with Crippen molar-refractivity contribution >= 4 is 43.7 Å². The van der Waals surface area contributed by atoms with Gasteiger partial charge >= 0.3 is 0 Å². The fourth-order valence-corrected chi connectivity index (χ4v) is 5.42. The number of aryl methyl sites for hydroxylation is 2. The summed E-state index contributed by atoms with van der Waals surface area (Å²) in [7, 11) is 0. The van der Waals surface area contributed by atoms with Crippen LogP contribution in [0.5, 0.6) is 5.75 Å². The highest BCUT2D eigenvalue weighted by molar-refractivity contribution is 9.10. The van der Waals surface area contributed by atoms with Crippen LogP contribution in [-0.2, 0) is 22.6 Å². The third-order valence-electron chi connectivity index (χ3n) is 7.01. The van der Waals surface area contributed by atoms with Crippen molar-refractivity contribution in [3.63, 3.8) is 0 Å². The minimum absolute atomic E-state index is 0.110. The van der Waals surface area contributed by atoms with E-state index in [1.807, 2.05) is 80.6 Å². The quantitative estimate of drug-likeness (QED) is 0.262. The molecule has 200 valence electrons. The predicted molar refractivity (Wildman–Crippen MR) is 158 cm³/mol. The van der Waals surface area contributed by atoms with Crippen molar-refractivity contribution in [1.29, 1.82) is 0 Å².